The first-order valence-electron chi connectivity index (χ1n) is 7.53. The summed E-state index contributed by atoms with van der Waals surface area (Å²) in [5.41, 5.74) is 1.18. The quantitative estimate of drug-likeness (QED) is 0.116. The zero-order valence-corrected chi connectivity index (χ0v) is 18.1. The summed E-state index contributed by atoms with van der Waals surface area (Å²) < 4.78 is 0.467. The van der Waals surface area contributed by atoms with Crippen LogP contribution in [0.15, 0.2) is 48.8 Å². The predicted octanol–water partition coefficient (Wildman–Crippen LogP) is 0.971. The molecule has 7 N–H and O–H groups in total. The molecule has 0 saturated heterocycles. The normalized spacial score (nSPS) is 8.91. The van der Waals surface area contributed by atoms with E-state index in [9.17, 15) is 20.1 Å². The van der Waals surface area contributed by atoms with Crippen molar-refractivity contribution in [3.8, 4) is 11.5 Å². The molecule has 0 unspecified atom stereocenters. The van der Waals surface area contributed by atoms with Crippen molar-refractivity contribution in [3.05, 3.63) is 73.3 Å². The van der Waals surface area contributed by atoms with E-state index in [0.717, 1.165) is 11.3 Å². The number of fused-ring (bicyclic) bond motifs is 3. The molecule has 175 valence electrons. The Morgan fingerprint density at radius 2 is 1.34 bits per heavy atom. The van der Waals surface area contributed by atoms with Crippen LogP contribution in [-0.2, 0) is 22.5 Å². The number of carboxylic acids is 1. The van der Waals surface area contributed by atoms with Crippen LogP contribution in [0.3, 0.4) is 0 Å². The molecule has 3 heterocycles. The van der Waals surface area contributed by atoms with Gasteiger partial charge in [-0.1, -0.05) is 11.6 Å². The number of aromatic hydroxyl groups is 2. The summed E-state index contributed by atoms with van der Waals surface area (Å²) in [4.78, 5) is 26.8. The van der Waals surface area contributed by atoms with Gasteiger partial charge in [-0.3, -0.25) is 9.97 Å². The number of rotatable bonds is 1. The average Bonchev–Trinajstić information content (AvgIpc) is 3.09. The van der Waals surface area contributed by atoms with Crippen LogP contribution >= 0.6 is 22.9 Å². The Morgan fingerprint density at radius 1 is 0.938 bits per heavy atom. The van der Waals surface area contributed by atoms with E-state index in [4.69, 9.17) is 26.9 Å². The molecule has 0 aliphatic carbocycles. The van der Waals surface area contributed by atoms with Crippen LogP contribution in [0.4, 0.5) is 0 Å². The summed E-state index contributed by atoms with van der Waals surface area (Å²) in [6.45, 7) is 0. The molecule has 0 aliphatic heterocycles. The van der Waals surface area contributed by atoms with Crippen molar-refractivity contribution >= 4 is 50.7 Å². The smallest absolute Gasteiger partial charge is 0.544 e. The second-order valence-electron chi connectivity index (χ2n) is 5.13. The van der Waals surface area contributed by atoms with Gasteiger partial charge in [-0.05, 0) is 36.4 Å². The molecule has 0 saturated carbocycles. The molecule has 0 amide bonds. The van der Waals surface area contributed by atoms with Gasteiger partial charge in [-0.2, -0.15) is 0 Å². The van der Waals surface area contributed by atoms with E-state index < -0.39 is 11.1 Å². The van der Waals surface area contributed by atoms with Crippen molar-refractivity contribution in [1.82, 2.24) is 9.97 Å². The van der Waals surface area contributed by atoms with Crippen molar-refractivity contribution in [1.29, 1.82) is 0 Å². The number of hydrogen-bond acceptors (Lipinski definition) is 10. The second-order valence-corrected chi connectivity index (χ2v) is 6.85. The molecule has 0 spiro atoms. The summed E-state index contributed by atoms with van der Waals surface area (Å²) in [5, 5.41) is 45.4. The number of nitrogens with zero attached hydrogens (tertiary/aromatic N) is 3. The summed E-state index contributed by atoms with van der Waals surface area (Å²) in [5.74, 6) is -0.846. The largest absolute Gasteiger partial charge is 2.00 e. The maximum Gasteiger partial charge on any atom is 2.00 e. The minimum absolute atomic E-state index is 0. The number of benzene rings is 1. The summed E-state index contributed by atoms with van der Waals surface area (Å²) in [6, 6.07) is 9.44. The van der Waals surface area contributed by atoms with E-state index in [1.165, 1.54) is 36.7 Å². The monoisotopic (exact) mass is 535 g/mol. The summed E-state index contributed by atoms with van der Waals surface area (Å²) >= 11 is 6.43. The van der Waals surface area contributed by atoms with Gasteiger partial charge in [0.2, 0.25) is 0 Å². The van der Waals surface area contributed by atoms with Crippen LogP contribution < -0.4 is 5.11 Å². The van der Waals surface area contributed by atoms with Crippen LogP contribution in [0.2, 0.25) is 4.34 Å². The fraction of sp³-hybridized carbons (Fsp3) is 0. The van der Waals surface area contributed by atoms with Gasteiger partial charge in [0.1, 0.15) is 22.5 Å². The first-order chi connectivity index (χ1) is 13.7. The van der Waals surface area contributed by atoms with Gasteiger partial charge in [0.15, 0.2) is 0 Å². The van der Waals surface area contributed by atoms with Gasteiger partial charge in [0.25, 0.3) is 0 Å². The molecule has 4 rings (SSSR count). The fourth-order valence-corrected chi connectivity index (χ4v) is 3.10. The topological polar surface area (TPSA) is 237 Å². The summed E-state index contributed by atoms with van der Waals surface area (Å²) in [7, 11) is 0. The molecule has 15 heteroatoms. The number of thiophene rings is 1. The van der Waals surface area contributed by atoms with Crippen LogP contribution in [-0.4, -0.2) is 36.7 Å². The molecular formula is C17H15ClCuN3O9S+. The van der Waals surface area contributed by atoms with Crippen molar-refractivity contribution in [2.45, 2.75) is 0 Å². The Labute approximate surface area is 198 Å². The SMILES string of the molecule is O.O=C([O-])c1ccc(Cl)s1.O=[N+]([O-])[O-].Oc1ccnc2c1ccc1c(O)ccnc12.[Cu+2].[OH3+]. The molecule has 1 radical (unpaired) electrons. The van der Waals surface area contributed by atoms with Crippen LogP contribution in [0.1, 0.15) is 9.67 Å². The third kappa shape index (κ3) is 8.11. The Hall–Kier alpha value is -3.26. The van der Waals surface area contributed by atoms with E-state index >= 15 is 0 Å². The third-order valence-corrected chi connectivity index (χ3v) is 4.56. The van der Waals surface area contributed by atoms with E-state index in [1.807, 2.05) is 0 Å². The van der Waals surface area contributed by atoms with Gasteiger partial charge in [-0.25, -0.2) is 0 Å². The van der Waals surface area contributed by atoms with E-state index in [0.29, 0.717) is 26.1 Å². The van der Waals surface area contributed by atoms with Crippen molar-refractivity contribution in [2.75, 3.05) is 0 Å². The van der Waals surface area contributed by atoms with Crippen LogP contribution in [0.5, 0.6) is 11.5 Å². The first kappa shape index (κ1) is 30.9. The van der Waals surface area contributed by atoms with Gasteiger partial charge in [0, 0.05) is 23.2 Å². The zero-order valence-electron chi connectivity index (χ0n) is 15.6. The van der Waals surface area contributed by atoms with Crippen molar-refractivity contribution < 1.29 is 53.2 Å². The maximum absolute atomic E-state index is 10.1. The molecule has 0 aliphatic rings. The molecule has 0 atom stereocenters. The molecule has 32 heavy (non-hydrogen) atoms. The Kier molecular flexibility index (Phi) is 13.5. The molecule has 0 bridgehead atoms. The standard InChI is InChI=1S/C12H8N2O2.C5H3ClO2S.Cu.NO3.2H2O/c15-9-3-5-13-11-7(9)1-2-8-10(16)4-6-14-12(8)11;6-4-2-1-3(9-4)5(7)8;;2-1(3)4;;/h1-6H,(H,13,15)(H,14,16);1-2H,(H,7,8);;;2*1H2/q;;+2;-1;;. The van der Waals surface area contributed by atoms with Crippen molar-refractivity contribution in [3.63, 3.8) is 0 Å². The molecule has 3 aromatic heterocycles. The van der Waals surface area contributed by atoms with Gasteiger partial charge < -0.3 is 46.4 Å². The third-order valence-electron chi connectivity index (χ3n) is 3.35. The number of carbonyl (C=O) groups is 1. The van der Waals surface area contributed by atoms with Gasteiger partial charge >= 0.3 is 17.1 Å². The predicted molar refractivity (Wildman–Crippen MR) is 113 cm³/mol. The van der Waals surface area contributed by atoms with E-state index in [-0.39, 0.29) is 44.4 Å². The number of halogens is 1. The number of hydrogen-bond donors (Lipinski definition) is 2. The Bertz CT molecular complexity index is 1130. The number of carbonyl (C=O) groups excluding carboxylic acids is 1. The Balaban J connectivity index is 0. The molecular weight excluding hydrogens is 521 g/mol. The summed E-state index contributed by atoms with van der Waals surface area (Å²) in [6.07, 6.45) is 3.03. The molecule has 1 aromatic carbocycles. The van der Waals surface area contributed by atoms with Crippen LogP contribution in [0.25, 0.3) is 21.8 Å². The maximum atomic E-state index is 10.1. The van der Waals surface area contributed by atoms with Gasteiger partial charge in [0.05, 0.1) is 20.3 Å². The average molecular weight is 536 g/mol. The van der Waals surface area contributed by atoms with Gasteiger partial charge in [-0.15, -0.1) is 11.3 Å². The van der Waals surface area contributed by atoms with Crippen LogP contribution in [0, 0.1) is 15.3 Å². The van der Waals surface area contributed by atoms with E-state index in [1.54, 1.807) is 12.1 Å². The molecule has 4 aromatic rings. The zero-order chi connectivity index (χ0) is 21.6. The molecule has 0 fully saturated rings. The Morgan fingerprint density at radius 3 is 1.62 bits per heavy atom. The number of aromatic carboxylic acids is 1. The number of aromatic nitrogens is 2. The number of pyridine rings is 2. The molecule has 12 nitrogen and oxygen atoms in total. The van der Waals surface area contributed by atoms with Crippen molar-refractivity contribution in [2.24, 2.45) is 0 Å². The minimum atomic E-state index is -1.75. The second kappa shape index (κ2) is 13.9. The minimum Gasteiger partial charge on any atom is -0.544 e. The first-order valence-corrected chi connectivity index (χ1v) is 8.72. The fourth-order valence-electron chi connectivity index (χ4n) is 2.22. The number of carboxylic acid groups (broad SMARTS) is 1. The van der Waals surface area contributed by atoms with E-state index in [2.05, 4.69) is 9.97 Å².